The van der Waals surface area contributed by atoms with Gasteiger partial charge < -0.3 is 10.0 Å². The van der Waals surface area contributed by atoms with Gasteiger partial charge >= 0.3 is 0 Å². The first kappa shape index (κ1) is 11.8. The third-order valence-corrected chi connectivity index (χ3v) is 3.40. The van der Waals surface area contributed by atoms with Gasteiger partial charge in [-0.25, -0.2) is 9.97 Å². The normalized spacial score (nSPS) is 21.1. The summed E-state index contributed by atoms with van der Waals surface area (Å²) in [6.45, 7) is 2.31. The minimum absolute atomic E-state index is 0.282. The third kappa shape index (κ3) is 2.92. The summed E-state index contributed by atoms with van der Waals surface area (Å²) in [6.07, 6.45) is 6.79. The van der Waals surface area contributed by atoms with Crippen molar-refractivity contribution in [3.05, 3.63) is 17.0 Å². The first-order valence-corrected chi connectivity index (χ1v) is 6.42. The molecule has 2 rings (SSSR count). The van der Waals surface area contributed by atoms with Crippen LogP contribution >= 0.6 is 15.9 Å². The molecule has 0 saturated carbocycles. The van der Waals surface area contributed by atoms with E-state index in [0.29, 0.717) is 5.92 Å². The maximum Gasteiger partial charge on any atom is 0.147 e. The minimum atomic E-state index is 0.282. The van der Waals surface area contributed by atoms with Crippen LogP contribution in [0.1, 0.15) is 19.3 Å². The molecule has 0 aromatic carbocycles. The zero-order valence-corrected chi connectivity index (χ0v) is 10.7. The highest BCUT2D eigenvalue weighted by atomic mass is 79.9. The SMILES string of the molecule is OCCC1CCCN(c2cnc(Br)cn2)C1. The van der Waals surface area contributed by atoms with Crippen molar-refractivity contribution in [2.45, 2.75) is 19.3 Å². The van der Waals surface area contributed by atoms with Crippen LogP contribution in [0.25, 0.3) is 0 Å². The Labute approximate surface area is 104 Å². The van der Waals surface area contributed by atoms with E-state index in [-0.39, 0.29) is 6.61 Å². The summed E-state index contributed by atoms with van der Waals surface area (Å²) in [5.41, 5.74) is 0. The molecule has 16 heavy (non-hydrogen) atoms. The van der Waals surface area contributed by atoms with Crippen molar-refractivity contribution in [2.75, 3.05) is 24.6 Å². The Balaban J connectivity index is 2.01. The van der Waals surface area contributed by atoms with E-state index in [1.54, 1.807) is 12.4 Å². The van der Waals surface area contributed by atoms with Gasteiger partial charge in [-0.2, -0.15) is 0 Å². The van der Waals surface area contributed by atoms with E-state index in [9.17, 15) is 0 Å². The smallest absolute Gasteiger partial charge is 0.147 e. The van der Waals surface area contributed by atoms with Crippen molar-refractivity contribution >= 4 is 21.7 Å². The van der Waals surface area contributed by atoms with E-state index in [0.717, 1.165) is 29.9 Å². The van der Waals surface area contributed by atoms with Gasteiger partial charge in [0.25, 0.3) is 0 Å². The van der Waals surface area contributed by atoms with Crippen LogP contribution in [0.2, 0.25) is 0 Å². The highest BCUT2D eigenvalue weighted by molar-refractivity contribution is 9.10. The number of piperidine rings is 1. The maximum atomic E-state index is 8.96. The molecular weight excluding hydrogens is 270 g/mol. The molecule has 0 bridgehead atoms. The lowest BCUT2D eigenvalue weighted by Gasteiger charge is -2.33. The van der Waals surface area contributed by atoms with Gasteiger partial charge in [-0.05, 0) is 41.1 Å². The van der Waals surface area contributed by atoms with Crippen molar-refractivity contribution < 1.29 is 5.11 Å². The number of anilines is 1. The number of hydrogen-bond donors (Lipinski definition) is 1. The van der Waals surface area contributed by atoms with Crippen molar-refractivity contribution in [1.82, 2.24) is 9.97 Å². The molecule has 0 spiro atoms. The summed E-state index contributed by atoms with van der Waals surface area (Å²) in [5, 5.41) is 8.96. The first-order valence-electron chi connectivity index (χ1n) is 5.63. The summed E-state index contributed by atoms with van der Waals surface area (Å²) in [4.78, 5) is 10.8. The Bertz CT molecular complexity index is 329. The van der Waals surface area contributed by atoms with Crippen molar-refractivity contribution in [1.29, 1.82) is 0 Å². The molecule has 0 amide bonds. The van der Waals surface area contributed by atoms with E-state index >= 15 is 0 Å². The Morgan fingerprint density at radius 3 is 3.00 bits per heavy atom. The van der Waals surface area contributed by atoms with Gasteiger partial charge in [0.05, 0.1) is 12.4 Å². The van der Waals surface area contributed by atoms with Crippen molar-refractivity contribution in [3.63, 3.8) is 0 Å². The zero-order valence-electron chi connectivity index (χ0n) is 9.14. The van der Waals surface area contributed by atoms with Crippen LogP contribution in [0.5, 0.6) is 0 Å². The van der Waals surface area contributed by atoms with E-state index in [1.165, 1.54) is 12.8 Å². The number of aliphatic hydroxyl groups is 1. The molecule has 0 aliphatic carbocycles. The zero-order chi connectivity index (χ0) is 11.4. The third-order valence-electron chi connectivity index (χ3n) is 2.99. The predicted octanol–water partition coefficient (Wildman–Crippen LogP) is 1.84. The molecule has 1 aromatic heterocycles. The number of aliphatic hydroxyl groups excluding tert-OH is 1. The molecule has 4 nitrogen and oxygen atoms in total. The molecule has 88 valence electrons. The molecule has 0 radical (unpaired) electrons. The Kier molecular flexibility index (Phi) is 4.12. The molecule has 1 unspecified atom stereocenters. The largest absolute Gasteiger partial charge is 0.396 e. The van der Waals surface area contributed by atoms with Crippen LogP contribution in [0, 0.1) is 5.92 Å². The quantitative estimate of drug-likeness (QED) is 0.921. The number of nitrogens with zero attached hydrogens (tertiary/aromatic N) is 3. The topological polar surface area (TPSA) is 49.2 Å². The lowest BCUT2D eigenvalue weighted by Crippen LogP contribution is -2.36. The average molecular weight is 286 g/mol. The average Bonchev–Trinajstić information content (AvgIpc) is 2.31. The van der Waals surface area contributed by atoms with Crippen LogP contribution in [0.15, 0.2) is 17.0 Å². The predicted molar refractivity (Wildman–Crippen MR) is 66.4 cm³/mol. The molecule has 2 heterocycles. The molecule has 1 atom stereocenters. The summed E-state index contributed by atoms with van der Waals surface area (Å²) < 4.78 is 0.764. The minimum Gasteiger partial charge on any atom is -0.396 e. The lowest BCUT2D eigenvalue weighted by atomic mass is 9.95. The number of rotatable bonds is 3. The fraction of sp³-hybridized carbons (Fsp3) is 0.636. The van der Waals surface area contributed by atoms with Crippen molar-refractivity contribution in [3.8, 4) is 0 Å². The number of halogens is 1. The fourth-order valence-corrected chi connectivity index (χ4v) is 2.36. The molecular formula is C11H16BrN3O. The Morgan fingerprint density at radius 1 is 1.44 bits per heavy atom. The second-order valence-electron chi connectivity index (χ2n) is 4.16. The van der Waals surface area contributed by atoms with Gasteiger partial charge in [-0.1, -0.05) is 0 Å². The van der Waals surface area contributed by atoms with E-state index in [4.69, 9.17) is 5.11 Å². The molecule has 1 N–H and O–H groups in total. The monoisotopic (exact) mass is 285 g/mol. The number of aromatic nitrogens is 2. The maximum absolute atomic E-state index is 8.96. The lowest BCUT2D eigenvalue weighted by molar-refractivity contribution is 0.244. The Morgan fingerprint density at radius 2 is 2.31 bits per heavy atom. The van der Waals surface area contributed by atoms with Crippen LogP contribution in [0.4, 0.5) is 5.82 Å². The standard InChI is InChI=1S/C11H16BrN3O/c12-10-6-14-11(7-13-10)15-4-1-2-9(8-15)3-5-16/h6-7,9,16H,1-5,8H2. The van der Waals surface area contributed by atoms with Gasteiger partial charge in [-0.3, -0.25) is 0 Å². The summed E-state index contributed by atoms with van der Waals surface area (Å²) in [7, 11) is 0. The molecule has 1 fully saturated rings. The second kappa shape index (κ2) is 5.59. The van der Waals surface area contributed by atoms with Gasteiger partial charge in [0, 0.05) is 19.7 Å². The fourth-order valence-electron chi connectivity index (χ4n) is 2.16. The highest BCUT2D eigenvalue weighted by Crippen LogP contribution is 2.23. The molecule has 1 saturated heterocycles. The molecule has 1 aliphatic rings. The van der Waals surface area contributed by atoms with Crippen LogP contribution < -0.4 is 4.90 Å². The van der Waals surface area contributed by atoms with Gasteiger partial charge in [0.1, 0.15) is 10.4 Å². The van der Waals surface area contributed by atoms with Gasteiger partial charge in [-0.15, -0.1) is 0 Å². The summed E-state index contributed by atoms with van der Waals surface area (Å²) in [6, 6.07) is 0. The van der Waals surface area contributed by atoms with Crippen molar-refractivity contribution in [2.24, 2.45) is 5.92 Å². The van der Waals surface area contributed by atoms with Crippen LogP contribution in [0.3, 0.4) is 0 Å². The molecule has 1 aromatic rings. The van der Waals surface area contributed by atoms with Crippen LogP contribution in [-0.2, 0) is 0 Å². The summed E-state index contributed by atoms with van der Waals surface area (Å²) in [5.74, 6) is 1.52. The molecule has 1 aliphatic heterocycles. The second-order valence-corrected chi connectivity index (χ2v) is 4.98. The summed E-state index contributed by atoms with van der Waals surface area (Å²) >= 11 is 3.28. The first-order chi connectivity index (χ1) is 7.79. The van der Waals surface area contributed by atoms with E-state index < -0.39 is 0 Å². The van der Waals surface area contributed by atoms with Crippen LogP contribution in [-0.4, -0.2) is 34.8 Å². The van der Waals surface area contributed by atoms with Gasteiger partial charge in [0.2, 0.25) is 0 Å². The molecule has 5 heteroatoms. The van der Waals surface area contributed by atoms with E-state index in [1.807, 2.05) is 0 Å². The van der Waals surface area contributed by atoms with E-state index in [2.05, 4.69) is 30.8 Å². The highest BCUT2D eigenvalue weighted by Gasteiger charge is 2.20. The number of hydrogen-bond acceptors (Lipinski definition) is 4. The Hall–Kier alpha value is -0.680. The van der Waals surface area contributed by atoms with Gasteiger partial charge in [0.15, 0.2) is 0 Å².